The van der Waals surface area contributed by atoms with Crippen molar-refractivity contribution in [2.75, 3.05) is 19.6 Å². The first-order valence-corrected chi connectivity index (χ1v) is 7.72. The van der Waals surface area contributed by atoms with E-state index in [1.165, 1.54) is 11.1 Å². The Balaban J connectivity index is 0.00000264. The van der Waals surface area contributed by atoms with Crippen LogP contribution in [0.25, 0.3) is 0 Å². The third kappa shape index (κ3) is 5.38. The van der Waals surface area contributed by atoms with Crippen molar-refractivity contribution in [3.63, 3.8) is 0 Å². The molecule has 0 saturated carbocycles. The number of halogens is 1. The summed E-state index contributed by atoms with van der Waals surface area (Å²) in [6.07, 6.45) is 0.845. The van der Waals surface area contributed by atoms with E-state index in [9.17, 15) is 4.79 Å². The molecule has 0 aliphatic rings. The number of nitrogens with two attached hydrogens (primary N) is 1. The van der Waals surface area contributed by atoms with E-state index in [-0.39, 0.29) is 18.3 Å². The van der Waals surface area contributed by atoms with Gasteiger partial charge in [0.1, 0.15) is 0 Å². The van der Waals surface area contributed by atoms with E-state index in [2.05, 4.69) is 12.1 Å². The molecule has 0 radical (unpaired) electrons. The molecule has 2 rings (SSSR count). The van der Waals surface area contributed by atoms with Crippen LogP contribution in [0.5, 0.6) is 0 Å². The van der Waals surface area contributed by atoms with Gasteiger partial charge in [0.2, 0.25) is 0 Å². The summed E-state index contributed by atoms with van der Waals surface area (Å²) in [5.41, 5.74) is 9.88. The molecule has 0 aliphatic carbocycles. The van der Waals surface area contributed by atoms with Crippen molar-refractivity contribution in [2.45, 2.75) is 20.3 Å². The first-order chi connectivity index (χ1) is 10.6. The molecular formula is C19H25ClN2O. The number of hydrogen-bond acceptors (Lipinski definition) is 2. The van der Waals surface area contributed by atoms with E-state index in [0.29, 0.717) is 19.6 Å². The Kier molecular flexibility index (Phi) is 7.79. The average Bonchev–Trinajstić information content (AvgIpc) is 2.52. The Morgan fingerprint density at radius 3 is 2.35 bits per heavy atom. The molecule has 0 atom stereocenters. The van der Waals surface area contributed by atoms with Crippen LogP contribution < -0.4 is 5.73 Å². The predicted molar refractivity (Wildman–Crippen MR) is 98.3 cm³/mol. The van der Waals surface area contributed by atoms with Crippen LogP contribution in [-0.2, 0) is 6.42 Å². The molecule has 0 unspecified atom stereocenters. The Morgan fingerprint density at radius 1 is 1.04 bits per heavy atom. The number of hydrogen-bond donors (Lipinski definition) is 1. The van der Waals surface area contributed by atoms with Crippen molar-refractivity contribution < 1.29 is 4.79 Å². The topological polar surface area (TPSA) is 46.3 Å². The van der Waals surface area contributed by atoms with Gasteiger partial charge in [-0.15, -0.1) is 12.4 Å². The summed E-state index contributed by atoms with van der Waals surface area (Å²) in [4.78, 5) is 14.6. The molecule has 0 spiro atoms. The minimum Gasteiger partial charge on any atom is -0.337 e. The van der Waals surface area contributed by atoms with Gasteiger partial charge >= 0.3 is 0 Å². The standard InChI is InChI=1S/C19H24N2O.ClH/c1-15-8-9-18(16(2)14-15)19(22)21(13-11-20)12-10-17-6-4-3-5-7-17;/h3-9,14H,10-13,20H2,1-2H3;1H. The highest BCUT2D eigenvalue weighted by molar-refractivity contribution is 5.95. The molecule has 0 bridgehead atoms. The van der Waals surface area contributed by atoms with E-state index in [1.807, 2.05) is 55.1 Å². The molecule has 0 saturated heterocycles. The lowest BCUT2D eigenvalue weighted by molar-refractivity contribution is 0.0761. The van der Waals surface area contributed by atoms with Crippen LogP contribution in [0, 0.1) is 13.8 Å². The summed E-state index contributed by atoms with van der Waals surface area (Å²) in [5.74, 6) is 0.0684. The monoisotopic (exact) mass is 332 g/mol. The largest absolute Gasteiger partial charge is 0.337 e. The van der Waals surface area contributed by atoms with E-state index in [0.717, 1.165) is 17.5 Å². The summed E-state index contributed by atoms with van der Waals surface area (Å²) >= 11 is 0. The van der Waals surface area contributed by atoms with Crippen LogP contribution in [0.15, 0.2) is 48.5 Å². The maximum Gasteiger partial charge on any atom is 0.254 e. The van der Waals surface area contributed by atoms with Gasteiger partial charge in [-0.2, -0.15) is 0 Å². The van der Waals surface area contributed by atoms with E-state index in [1.54, 1.807) is 0 Å². The van der Waals surface area contributed by atoms with Crippen molar-refractivity contribution in [2.24, 2.45) is 5.73 Å². The molecule has 2 aromatic rings. The molecule has 0 aliphatic heterocycles. The Bertz CT molecular complexity index is 629. The fourth-order valence-electron chi connectivity index (χ4n) is 2.60. The quantitative estimate of drug-likeness (QED) is 0.881. The summed E-state index contributed by atoms with van der Waals surface area (Å²) < 4.78 is 0. The molecule has 23 heavy (non-hydrogen) atoms. The number of aryl methyl sites for hydroxylation is 2. The highest BCUT2D eigenvalue weighted by Crippen LogP contribution is 2.14. The number of amides is 1. The first-order valence-electron chi connectivity index (χ1n) is 7.72. The van der Waals surface area contributed by atoms with Gasteiger partial charge in [0.25, 0.3) is 5.91 Å². The van der Waals surface area contributed by atoms with Gasteiger partial charge in [0.05, 0.1) is 0 Å². The maximum atomic E-state index is 12.8. The Morgan fingerprint density at radius 2 is 1.74 bits per heavy atom. The molecule has 4 heteroatoms. The molecule has 2 aromatic carbocycles. The third-order valence-electron chi connectivity index (χ3n) is 3.81. The second-order valence-electron chi connectivity index (χ2n) is 5.63. The van der Waals surface area contributed by atoms with Crippen LogP contribution >= 0.6 is 12.4 Å². The van der Waals surface area contributed by atoms with Crippen molar-refractivity contribution in [3.8, 4) is 0 Å². The van der Waals surface area contributed by atoms with Crippen LogP contribution in [0.4, 0.5) is 0 Å². The van der Waals surface area contributed by atoms with Gasteiger partial charge in [0.15, 0.2) is 0 Å². The number of rotatable bonds is 6. The highest BCUT2D eigenvalue weighted by Gasteiger charge is 2.16. The van der Waals surface area contributed by atoms with Crippen LogP contribution in [-0.4, -0.2) is 30.4 Å². The lowest BCUT2D eigenvalue weighted by Gasteiger charge is -2.23. The minimum atomic E-state index is 0. The van der Waals surface area contributed by atoms with Gasteiger partial charge in [-0.1, -0.05) is 48.0 Å². The van der Waals surface area contributed by atoms with Crippen LogP contribution in [0.3, 0.4) is 0 Å². The summed E-state index contributed by atoms with van der Waals surface area (Å²) in [7, 11) is 0. The zero-order valence-corrected chi connectivity index (χ0v) is 14.6. The molecule has 0 fully saturated rings. The molecule has 0 aromatic heterocycles. The SMILES string of the molecule is Cc1ccc(C(=O)N(CCN)CCc2ccccc2)c(C)c1.Cl. The minimum absolute atomic E-state index is 0. The summed E-state index contributed by atoms with van der Waals surface area (Å²) in [6.45, 7) is 5.77. The highest BCUT2D eigenvalue weighted by atomic mass is 35.5. The molecule has 1 amide bonds. The third-order valence-corrected chi connectivity index (χ3v) is 3.81. The van der Waals surface area contributed by atoms with Gasteiger partial charge in [0, 0.05) is 25.2 Å². The Labute approximate surface area is 144 Å². The van der Waals surface area contributed by atoms with Crippen LogP contribution in [0.1, 0.15) is 27.0 Å². The molecule has 3 nitrogen and oxygen atoms in total. The number of carbonyl (C=O) groups excluding carboxylic acids is 1. The normalized spacial score (nSPS) is 10.0. The maximum absolute atomic E-state index is 12.8. The fourth-order valence-corrected chi connectivity index (χ4v) is 2.60. The van der Waals surface area contributed by atoms with E-state index in [4.69, 9.17) is 5.73 Å². The predicted octanol–water partition coefficient (Wildman–Crippen LogP) is 3.37. The number of carbonyl (C=O) groups is 1. The average molecular weight is 333 g/mol. The lowest BCUT2D eigenvalue weighted by Crippen LogP contribution is -2.37. The van der Waals surface area contributed by atoms with Gasteiger partial charge < -0.3 is 10.6 Å². The molecule has 124 valence electrons. The first kappa shape index (κ1) is 19.2. The van der Waals surface area contributed by atoms with Crippen LogP contribution in [0.2, 0.25) is 0 Å². The van der Waals surface area contributed by atoms with Crippen molar-refractivity contribution in [1.29, 1.82) is 0 Å². The number of benzene rings is 2. The van der Waals surface area contributed by atoms with Gasteiger partial charge in [-0.3, -0.25) is 4.79 Å². The van der Waals surface area contributed by atoms with Crippen molar-refractivity contribution >= 4 is 18.3 Å². The number of nitrogens with zero attached hydrogens (tertiary/aromatic N) is 1. The molecular weight excluding hydrogens is 308 g/mol. The van der Waals surface area contributed by atoms with Crippen molar-refractivity contribution in [3.05, 3.63) is 70.8 Å². The second kappa shape index (κ2) is 9.33. The second-order valence-corrected chi connectivity index (χ2v) is 5.63. The molecule has 2 N–H and O–H groups in total. The van der Waals surface area contributed by atoms with Gasteiger partial charge in [-0.25, -0.2) is 0 Å². The summed E-state index contributed by atoms with van der Waals surface area (Å²) in [6, 6.07) is 16.2. The fraction of sp³-hybridized carbons (Fsp3) is 0.316. The van der Waals surface area contributed by atoms with Crippen molar-refractivity contribution in [1.82, 2.24) is 4.90 Å². The molecule has 0 heterocycles. The smallest absolute Gasteiger partial charge is 0.254 e. The Hall–Kier alpha value is -1.84. The zero-order valence-electron chi connectivity index (χ0n) is 13.8. The van der Waals surface area contributed by atoms with E-state index >= 15 is 0 Å². The summed E-state index contributed by atoms with van der Waals surface area (Å²) in [5, 5.41) is 0. The van der Waals surface area contributed by atoms with E-state index < -0.39 is 0 Å². The zero-order chi connectivity index (χ0) is 15.9. The lowest BCUT2D eigenvalue weighted by atomic mass is 10.0. The van der Waals surface area contributed by atoms with Gasteiger partial charge in [-0.05, 0) is 37.5 Å².